The van der Waals surface area contributed by atoms with Crippen molar-refractivity contribution in [1.29, 1.82) is 5.41 Å². The Morgan fingerprint density at radius 3 is 1.56 bits per heavy atom. The number of aromatic nitrogens is 1. The molecule has 14 N–H and O–H groups in total. The number of esters is 1. The Balaban J connectivity index is 0.757. The molecule has 9 amide bonds. The number of H-pyrrole nitrogens is 1. The van der Waals surface area contributed by atoms with Crippen molar-refractivity contribution < 1.29 is 85.2 Å². The summed E-state index contributed by atoms with van der Waals surface area (Å²) in [7, 11) is -3.16. The van der Waals surface area contributed by atoms with Crippen LogP contribution in [0.15, 0.2) is 279 Å². The molecule has 0 radical (unpaired) electrons. The summed E-state index contributed by atoms with van der Waals surface area (Å²) in [4.78, 5) is 154. The normalized spacial score (nSPS) is 14.4. The molecule has 11 aromatic rings. The molecule has 10 aromatic carbocycles. The lowest BCUT2D eigenvalue weighted by molar-refractivity contribution is -0.145. The molecule has 1 aliphatic heterocycles. The van der Waals surface area contributed by atoms with Crippen LogP contribution in [0.4, 0.5) is 4.79 Å². The first-order valence-electron chi connectivity index (χ1n) is 50.2. The lowest BCUT2D eigenvalue weighted by Gasteiger charge is -2.37. The number of benzene rings is 10. The van der Waals surface area contributed by atoms with Gasteiger partial charge in [-0.25, -0.2) is 22.7 Å². The lowest BCUT2D eigenvalue weighted by Crippen LogP contribution is -2.62. The predicted molar refractivity (Wildman–Crippen MR) is 574 cm³/mol. The highest BCUT2D eigenvalue weighted by Gasteiger charge is 2.45. The van der Waals surface area contributed by atoms with Crippen molar-refractivity contribution in [3.63, 3.8) is 0 Å². The highest BCUT2D eigenvalue weighted by molar-refractivity contribution is 7.99. The number of aromatic amines is 1. The first-order valence-corrected chi connectivity index (χ1v) is 52.9. The van der Waals surface area contributed by atoms with E-state index in [2.05, 4.69) is 69.5 Å². The molecule has 784 valence electrons. The first kappa shape index (κ1) is 111. The van der Waals surface area contributed by atoms with Crippen LogP contribution in [0.3, 0.4) is 0 Å². The minimum atomic E-state index is -4.28. The number of amides is 9. The average molecular weight is 2060 g/mol. The number of rotatable bonds is 50. The summed E-state index contributed by atoms with van der Waals surface area (Å²) in [6.07, 6.45) is -1.43. The Labute approximate surface area is 874 Å². The van der Waals surface area contributed by atoms with Crippen LogP contribution in [0.1, 0.15) is 184 Å². The molecule has 0 saturated heterocycles. The Hall–Kier alpha value is -14.8. The topological polar surface area (TPSA) is 443 Å². The number of aliphatic hydroxyl groups excluding tert-OH is 1. The quantitative estimate of drug-likeness (QED) is 0.00320. The second-order valence-corrected chi connectivity index (χ2v) is 41.9. The maximum atomic E-state index is 16.2. The molecule has 1 unspecified atom stereocenters. The van der Waals surface area contributed by atoms with E-state index in [9.17, 15) is 32.7 Å². The standard InChI is InChI=1S/C116H135N13O18S2/c1-13-66-144-110(139)96(122-104(133)93(120-77(6)130)60-39-65-118-111(117)129-149(141,142)103-74(3)73(2)102-90(75(103)4)69-114(10,11)147-102)61-40-67-148-72-98(109(138)143-12)124-105(134)95(63-64-100(132)128-116(82-47-26-17-27-48-82,83-49-28-18-29-50-83)84-51-30-19-31-52-84)121-107(136)97(68-78-70-119-92-58-37-36-53-85(78)92)123-108(137)101(76(5)146-113(7,8)9)126-106(135)94(125-112(140)145-71-91-88-56-34-32-54-86(88)87-55-33-35-57-89(87)91)59-38-62-99(131)127-115(79-41-20-14-21-42-79,80-43-22-15-23-44-80)81-45-24-16-25-46-81/h13-37,41-58,70,76,91,93-98,101,110,119,139H,1,38-40,59-69,71-72H2,2-12H3,(H,120,130)(H,121,136)(H,122,133)(H,123,137)(H,124,134)(H,125,140)(H,126,135)(H,127,131)(H,128,132)(H3,117,118,129)/t76-,93-,94+,95+,96+,97+,98+,101+,110?/m1/s1. The van der Waals surface area contributed by atoms with Crippen molar-refractivity contribution in [2.75, 3.05) is 38.4 Å². The number of nitrogens with one attached hydrogen (secondary N) is 13. The van der Waals surface area contributed by atoms with E-state index in [1.165, 1.54) is 24.8 Å². The van der Waals surface area contributed by atoms with E-state index in [4.69, 9.17) is 29.1 Å². The van der Waals surface area contributed by atoms with Gasteiger partial charge in [0.25, 0.3) is 10.0 Å². The molecule has 31 nitrogen and oxygen atoms in total. The van der Waals surface area contributed by atoms with Gasteiger partial charge in [0.05, 0.1) is 36.4 Å². The minimum Gasteiger partial charge on any atom is -0.487 e. The van der Waals surface area contributed by atoms with Gasteiger partial charge in [-0.2, -0.15) is 11.8 Å². The molecule has 2 aliphatic rings. The smallest absolute Gasteiger partial charge is 0.407 e. The Morgan fingerprint density at radius 1 is 0.557 bits per heavy atom. The number of para-hydroxylation sites is 1. The van der Waals surface area contributed by atoms with Gasteiger partial charge < -0.3 is 86.9 Å². The zero-order valence-corrected chi connectivity index (χ0v) is 87.5. The number of methoxy groups -OCH3 is 1. The van der Waals surface area contributed by atoms with Gasteiger partial charge in [-0.05, 0) is 197 Å². The van der Waals surface area contributed by atoms with Crippen LogP contribution < -0.4 is 62.6 Å². The predicted octanol–water partition coefficient (Wildman–Crippen LogP) is 14.0. The largest absolute Gasteiger partial charge is 0.487 e. The summed E-state index contributed by atoms with van der Waals surface area (Å²) in [5, 5.41) is 50.1. The molecule has 1 aliphatic carbocycles. The van der Waals surface area contributed by atoms with E-state index in [0.717, 1.165) is 51.6 Å². The number of guanidine groups is 1. The monoisotopic (exact) mass is 2060 g/mol. The van der Waals surface area contributed by atoms with Crippen molar-refractivity contribution >= 4 is 98.0 Å². The van der Waals surface area contributed by atoms with Gasteiger partial charge in [0.1, 0.15) is 65.3 Å². The highest BCUT2D eigenvalue weighted by Crippen LogP contribution is 2.47. The summed E-state index contributed by atoms with van der Waals surface area (Å²) >= 11 is 1.18. The Kier molecular flexibility index (Phi) is 38.3. The maximum Gasteiger partial charge on any atom is 0.407 e. The lowest BCUT2D eigenvalue weighted by atomic mass is 9.77. The molecule has 13 rings (SSSR count). The highest BCUT2D eigenvalue weighted by atomic mass is 32.2. The number of alkyl carbamates (subject to hydrolysis) is 1. The minimum absolute atomic E-state index is 0.0109. The zero-order chi connectivity index (χ0) is 107. The van der Waals surface area contributed by atoms with Gasteiger partial charge in [0.15, 0.2) is 6.29 Å². The van der Waals surface area contributed by atoms with Crippen molar-refractivity contribution in [3.8, 4) is 16.9 Å². The van der Waals surface area contributed by atoms with Crippen molar-refractivity contribution in [3.05, 3.63) is 346 Å². The van der Waals surface area contributed by atoms with Crippen LogP contribution in [-0.2, 0) is 96.0 Å². The summed E-state index contributed by atoms with van der Waals surface area (Å²) in [6, 6.07) is 69.2. The third-order valence-corrected chi connectivity index (χ3v) is 29.5. The van der Waals surface area contributed by atoms with E-state index >= 15 is 28.8 Å². The van der Waals surface area contributed by atoms with Crippen molar-refractivity contribution in [2.24, 2.45) is 0 Å². The molecule has 149 heavy (non-hydrogen) atoms. The molecule has 0 bridgehead atoms. The number of ether oxygens (including phenoxy) is 5. The fourth-order valence-corrected chi connectivity index (χ4v) is 22.2. The summed E-state index contributed by atoms with van der Waals surface area (Å²) in [5.74, 6) is -7.17. The van der Waals surface area contributed by atoms with E-state index in [0.29, 0.717) is 62.0 Å². The molecular weight excluding hydrogens is 1930 g/mol. The SMILES string of the molecule is C=CCOC(O)[C@H](CCCSC[C@H](NC(=O)[C@H](CCC(=O)NC(c1ccccc1)(c1ccccc1)c1ccccc1)NC(=O)[C@H](Cc1c[nH]c2ccccc12)NC(=O)[C@@H](NC(=O)[C@H](CCCC(=O)NC(c1ccccc1)(c1ccccc1)c1ccccc1)NC(=O)OCC1c2ccccc2-c2ccccc21)[C@@H](C)OC(C)(C)C)C(=O)OC)NC(=O)[C@@H](CCCNC(=N)NS(=O)(=O)c1c(C)c(C)c2c(c1C)CC(C)(C)O2)NC(C)=O. The number of fused-ring (bicyclic) bond motifs is 5. The second kappa shape index (κ2) is 51.2. The van der Waals surface area contributed by atoms with Crippen molar-refractivity contribution in [2.45, 2.75) is 228 Å². The van der Waals surface area contributed by atoms with Gasteiger partial charge in [0, 0.05) is 73.5 Å². The molecule has 0 spiro atoms. The van der Waals surface area contributed by atoms with Crippen LogP contribution in [0.2, 0.25) is 0 Å². The number of thioether (sulfide) groups is 1. The summed E-state index contributed by atoms with van der Waals surface area (Å²) in [6.45, 7) is 20.5. The van der Waals surface area contributed by atoms with E-state index in [-0.39, 0.29) is 93.4 Å². The fourth-order valence-electron chi connectivity index (χ4n) is 19.7. The third-order valence-electron chi connectivity index (χ3n) is 26.8. The van der Waals surface area contributed by atoms with E-state index in [1.54, 1.807) is 60.7 Å². The van der Waals surface area contributed by atoms with Crippen LogP contribution >= 0.6 is 11.8 Å². The summed E-state index contributed by atoms with van der Waals surface area (Å²) < 4.78 is 60.1. The molecule has 9 atom stereocenters. The third kappa shape index (κ3) is 28.4. The number of aliphatic hydroxyl groups is 1. The van der Waals surface area contributed by atoms with Crippen LogP contribution in [-0.4, -0.2) is 188 Å². The second-order valence-electron chi connectivity index (χ2n) is 39.1. The number of hydrogen-bond acceptors (Lipinski definition) is 20. The molecule has 2 heterocycles. The van der Waals surface area contributed by atoms with Gasteiger partial charge >= 0.3 is 12.1 Å². The van der Waals surface area contributed by atoms with Crippen LogP contribution in [0, 0.1) is 26.2 Å². The number of carbonyl (C=O) groups excluding carboxylic acids is 10. The molecule has 33 heteroatoms. The number of carbonyl (C=O) groups is 10. The first-order chi connectivity index (χ1) is 71.4. The van der Waals surface area contributed by atoms with Gasteiger partial charge in [-0.1, -0.05) is 255 Å². The van der Waals surface area contributed by atoms with Crippen molar-refractivity contribution in [1.82, 2.24) is 62.9 Å². The van der Waals surface area contributed by atoms with Gasteiger partial charge in [-0.3, -0.25) is 43.8 Å². The number of sulfonamides is 1. The fraction of sp³-hybridized carbons (Fsp3) is 0.353. The Bertz CT molecular complexity index is 6420. The van der Waals surface area contributed by atoms with Gasteiger partial charge in [0.2, 0.25) is 53.2 Å². The van der Waals surface area contributed by atoms with Crippen LogP contribution in [0.25, 0.3) is 22.0 Å². The van der Waals surface area contributed by atoms with Crippen LogP contribution in [0.5, 0.6) is 5.75 Å². The number of hydrogen-bond donors (Lipinski definition) is 14. The molecule has 0 fully saturated rings. The molecule has 0 saturated carbocycles. The molecule has 1 aromatic heterocycles. The Morgan fingerprint density at radius 2 is 1.03 bits per heavy atom. The average Bonchev–Trinajstić information content (AvgIpc) is 1.51. The maximum absolute atomic E-state index is 16.2. The molecular formula is C116H135N13O18S2. The van der Waals surface area contributed by atoms with Gasteiger partial charge in [-0.15, -0.1) is 6.58 Å². The summed E-state index contributed by atoms with van der Waals surface area (Å²) in [5.41, 5.74) is 7.71. The van der Waals surface area contributed by atoms with E-state index < -0.39 is 165 Å². The zero-order valence-electron chi connectivity index (χ0n) is 85.9. The van der Waals surface area contributed by atoms with E-state index in [1.807, 2.05) is 263 Å².